The topological polar surface area (TPSA) is 85.2 Å². The van der Waals surface area contributed by atoms with E-state index in [2.05, 4.69) is 10.1 Å². The second-order valence-corrected chi connectivity index (χ2v) is 5.77. The zero-order valence-corrected chi connectivity index (χ0v) is 12.4. The van der Waals surface area contributed by atoms with Crippen molar-refractivity contribution in [3.63, 3.8) is 0 Å². The fourth-order valence-corrected chi connectivity index (χ4v) is 2.98. The molecular formula is C15H20N4O2. The summed E-state index contributed by atoms with van der Waals surface area (Å²) in [6.45, 7) is 4.56. The molecule has 6 heteroatoms. The summed E-state index contributed by atoms with van der Waals surface area (Å²) in [4.78, 5) is 18.8. The first-order valence-corrected chi connectivity index (χ1v) is 7.36. The molecule has 0 spiro atoms. The lowest BCUT2D eigenvalue weighted by Gasteiger charge is -2.38. The van der Waals surface area contributed by atoms with Gasteiger partial charge in [0.15, 0.2) is 0 Å². The maximum absolute atomic E-state index is 12.8. The van der Waals surface area contributed by atoms with Gasteiger partial charge in [0.05, 0.1) is 16.6 Å². The predicted molar refractivity (Wildman–Crippen MR) is 78.9 cm³/mol. The molecule has 1 aliphatic rings. The Morgan fingerprint density at radius 1 is 1.52 bits per heavy atom. The molecule has 0 radical (unpaired) electrons. The van der Waals surface area contributed by atoms with Crippen molar-refractivity contribution in [1.29, 1.82) is 0 Å². The molecule has 1 fully saturated rings. The standard InChI is InChI=1S/C15H20N4O2/c1-9(16)13-5-3-4-6-19(13)15(20)11-7-12-10(2)18-21-14(12)17-8-11/h7-9,13H,3-6,16H2,1-2H3. The highest BCUT2D eigenvalue weighted by atomic mass is 16.5. The number of nitrogens with two attached hydrogens (primary N) is 1. The van der Waals surface area contributed by atoms with Gasteiger partial charge in [0, 0.05) is 24.8 Å². The average molecular weight is 288 g/mol. The van der Waals surface area contributed by atoms with Crippen LogP contribution in [-0.2, 0) is 0 Å². The summed E-state index contributed by atoms with van der Waals surface area (Å²) in [5.74, 6) is -0.00741. The monoisotopic (exact) mass is 288 g/mol. The zero-order valence-electron chi connectivity index (χ0n) is 12.4. The minimum absolute atomic E-state index is 0.00741. The number of hydrogen-bond acceptors (Lipinski definition) is 5. The summed E-state index contributed by atoms with van der Waals surface area (Å²) in [6, 6.07) is 1.89. The molecule has 1 amide bonds. The third-order valence-electron chi connectivity index (χ3n) is 4.17. The van der Waals surface area contributed by atoms with Crippen LogP contribution < -0.4 is 5.73 Å². The summed E-state index contributed by atoms with van der Waals surface area (Å²) < 4.78 is 5.08. The van der Waals surface area contributed by atoms with Crippen LogP contribution in [-0.4, -0.2) is 39.6 Å². The number of amides is 1. The summed E-state index contributed by atoms with van der Waals surface area (Å²) >= 11 is 0. The summed E-state index contributed by atoms with van der Waals surface area (Å²) in [6.07, 6.45) is 4.67. The lowest BCUT2D eigenvalue weighted by molar-refractivity contribution is 0.0583. The Morgan fingerprint density at radius 3 is 3.10 bits per heavy atom. The number of rotatable bonds is 2. The van der Waals surface area contributed by atoms with Gasteiger partial charge in [0.1, 0.15) is 0 Å². The highest BCUT2D eigenvalue weighted by Gasteiger charge is 2.30. The van der Waals surface area contributed by atoms with Gasteiger partial charge in [-0.1, -0.05) is 5.16 Å². The number of carbonyl (C=O) groups is 1. The van der Waals surface area contributed by atoms with Crippen LogP contribution in [0.3, 0.4) is 0 Å². The first kappa shape index (κ1) is 14.0. The number of likely N-dealkylation sites (tertiary alicyclic amines) is 1. The molecule has 6 nitrogen and oxygen atoms in total. The molecule has 0 aliphatic carbocycles. The fourth-order valence-electron chi connectivity index (χ4n) is 2.98. The van der Waals surface area contributed by atoms with E-state index in [4.69, 9.17) is 10.3 Å². The van der Waals surface area contributed by atoms with Crippen molar-refractivity contribution in [2.24, 2.45) is 5.73 Å². The second kappa shape index (κ2) is 5.44. The van der Waals surface area contributed by atoms with Crippen molar-refractivity contribution in [1.82, 2.24) is 15.0 Å². The molecule has 0 bridgehead atoms. The molecule has 3 heterocycles. The molecule has 3 rings (SSSR count). The maximum Gasteiger partial charge on any atom is 0.257 e. The van der Waals surface area contributed by atoms with Crippen LogP contribution in [0.15, 0.2) is 16.8 Å². The van der Waals surface area contributed by atoms with Crippen LogP contribution in [0.2, 0.25) is 0 Å². The van der Waals surface area contributed by atoms with Gasteiger partial charge >= 0.3 is 0 Å². The lowest BCUT2D eigenvalue weighted by atomic mass is 9.96. The third-order valence-corrected chi connectivity index (χ3v) is 4.17. The van der Waals surface area contributed by atoms with Crippen LogP contribution in [0.1, 0.15) is 42.2 Å². The highest BCUT2D eigenvalue weighted by Crippen LogP contribution is 2.23. The van der Waals surface area contributed by atoms with E-state index >= 15 is 0 Å². The normalized spacial score (nSPS) is 20.7. The number of aryl methyl sites for hydroxylation is 1. The predicted octanol–water partition coefficient (Wildman–Crippen LogP) is 1.87. The first-order chi connectivity index (χ1) is 10.1. The molecule has 0 saturated carbocycles. The summed E-state index contributed by atoms with van der Waals surface area (Å²) in [5.41, 5.74) is 7.82. The van der Waals surface area contributed by atoms with E-state index < -0.39 is 0 Å². The minimum Gasteiger partial charge on any atom is -0.336 e. The van der Waals surface area contributed by atoms with Gasteiger partial charge in [-0.3, -0.25) is 4.79 Å². The summed E-state index contributed by atoms with van der Waals surface area (Å²) in [7, 11) is 0. The fraction of sp³-hybridized carbons (Fsp3) is 0.533. The highest BCUT2D eigenvalue weighted by molar-refractivity contribution is 5.97. The van der Waals surface area contributed by atoms with Gasteiger partial charge in [-0.15, -0.1) is 0 Å². The number of piperidine rings is 1. The zero-order chi connectivity index (χ0) is 15.0. The molecule has 2 unspecified atom stereocenters. The second-order valence-electron chi connectivity index (χ2n) is 5.77. The third kappa shape index (κ3) is 2.51. The average Bonchev–Trinajstić information content (AvgIpc) is 2.87. The van der Waals surface area contributed by atoms with Gasteiger partial charge in [0.25, 0.3) is 11.6 Å². The number of carbonyl (C=O) groups excluding carboxylic acids is 1. The molecule has 2 aromatic rings. The van der Waals surface area contributed by atoms with Crippen LogP contribution in [0.5, 0.6) is 0 Å². The molecule has 2 N–H and O–H groups in total. The number of fused-ring (bicyclic) bond motifs is 1. The Labute approximate surface area is 123 Å². The molecule has 2 aromatic heterocycles. The van der Waals surface area contributed by atoms with E-state index in [1.54, 1.807) is 6.20 Å². The van der Waals surface area contributed by atoms with E-state index in [0.29, 0.717) is 11.3 Å². The molecule has 2 atom stereocenters. The Bertz CT molecular complexity index is 665. The van der Waals surface area contributed by atoms with E-state index in [1.165, 1.54) is 0 Å². The van der Waals surface area contributed by atoms with Crippen molar-refractivity contribution >= 4 is 17.0 Å². The lowest BCUT2D eigenvalue weighted by Crippen LogP contribution is -2.51. The van der Waals surface area contributed by atoms with E-state index in [9.17, 15) is 4.79 Å². The number of nitrogens with zero attached hydrogens (tertiary/aromatic N) is 3. The quantitative estimate of drug-likeness (QED) is 0.911. The number of aromatic nitrogens is 2. The van der Waals surface area contributed by atoms with Crippen molar-refractivity contribution in [3.8, 4) is 0 Å². The Hall–Kier alpha value is -1.95. The molecule has 0 aromatic carbocycles. The van der Waals surface area contributed by atoms with E-state index in [-0.39, 0.29) is 18.0 Å². The Balaban J connectivity index is 1.93. The van der Waals surface area contributed by atoms with Gasteiger partial charge < -0.3 is 15.2 Å². The molecule has 112 valence electrons. The smallest absolute Gasteiger partial charge is 0.257 e. The number of pyridine rings is 1. The van der Waals surface area contributed by atoms with E-state index in [0.717, 1.165) is 36.9 Å². The van der Waals surface area contributed by atoms with Gasteiger partial charge in [0.2, 0.25) is 0 Å². The van der Waals surface area contributed by atoms with Gasteiger partial charge in [-0.2, -0.15) is 0 Å². The van der Waals surface area contributed by atoms with Crippen molar-refractivity contribution in [3.05, 3.63) is 23.5 Å². The Morgan fingerprint density at radius 2 is 2.33 bits per heavy atom. The molecule has 21 heavy (non-hydrogen) atoms. The van der Waals surface area contributed by atoms with Crippen molar-refractivity contribution in [2.75, 3.05) is 6.54 Å². The molecular weight excluding hydrogens is 268 g/mol. The van der Waals surface area contributed by atoms with Crippen LogP contribution in [0, 0.1) is 6.92 Å². The van der Waals surface area contributed by atoms with Gasteiger partial charge in [-0.25, -0.2) is 4.98 Å². The van der Waals surface area contributed by atoms with Crippen molar-refractivity contribution < 1.29 is 9.32 Å². The van der Waals surface area contributed by atoms with Gasteiger partial charge in [-0.05, 0) is 39.2 Å². The van der Waals surface area contributed by atoms with Crippen LogP contribution in [0.25, 0.3) is 11.1 Å². The molecule has 1 saturated heterocycles. The maximum atomic E-state index is 12.8. The molecule has 1 aliphatic heterocycles. The van der Waals surface area contributed by atoms with Crippen molar-refractivity contribution in [2.45, 2.75) is 45.2 Å². The minimum atomic E-state index is -0.0248. The number of hydrogen-bond donors (Lipinski definition) is 1. The summed E-state index contributed by atoms with van der Waals surface area (Å²) in [5, 5.41) is 4.66. The van der Waals surface area contributed by atoms with Crippen LogP contribution in [0.4, 0.5) is 0 Å². The van der Waals surface area contributed by atoms with Crippen LogP contribution >= 0.6 is 0 Å². The first-order valence-electron chi connectivity index (χ1n) is 7.36. The largest absolute Gasteiger partial charge is 0.336 e. The Kier molecular flexibility index (Phi) is 3.63. The SMILES string of the molecule is Cc1noc2ncc(C(=O)N3CCCCC3C(C)N)cc12. The van der Waals surface area contributed by atoms with E-state index in [1.807, 2.05) is 24.8 Å².